The topological polar surface area (TPSA) is 17.1 Å². The van der Waals surface area contributed by atoms with Crippen molar-refractivity contribution < 1.29 is 4.79 Å². The average Bonchev–Trinajstić information content (AvgIpc) is 2.76. The molecule has 2 atom stereocenters. The van der Waals surface area contributed by atoms with E-state index in [1.807, 2.05) is 0 Å². The Labute approximate surface area is 72.8 Å². The SMILES string of the molecule is O=C1C[C@H]2CC(CC3CC3)=CC12. The van der Waals surface area contributed by atoms with E-state index in [4.69, 9.17) is 0 Å². The smallest absolute Gasteiger partial charge is 0.140 e. The second-order valence-corrected chi connectivity index (χ2v) is 4.63. The van der Waals surface area contributed by atoms with Crippen LogP contribution in [0, 0.1) is 17.8 Å². The molecule has 0 aromatic heterocycles. The molecule has 0 aromatic carbocycles. The van der Waals surface area contributed by atoms with Crippen LogP contribution in [0.5, 0.6) is 0 Å². The fraction of sp³-hybridized carbons (Fsp3) is 0.727. The standard InChI is InChI=1S/C11H14O/c12-11-6-9-4-8(5-10(9)11)3-7-1-2-7/h5,7,9-10H,1-4,6H2/t9-,10?/m1/s1. The minimum absolute atomic E-state index is 0.360. The van der Waals surface area contributed by atoms with Gasteiger partial charge in [-0.2, -0.15) is 0 Å². The molecule has 0 N–H and O–H groups in total. The van der Waals surface area contributed by atoms with Gasteiger partial charge in [0.15, 0.2) is 0 Å². The molecule has 1 heteroatoms. The van der Waals surface area contributed by atoms with Gasteiger partial charge in [-0.1, -0.05) is 11.6 Å². The first-order chi connectivity index (χ1) is 5.83. The molecule has 64 valence electrons. The summed E-state index contributed by atoms with van der Waals surface area (Å²) in [5.74, 6) is 2.57. The van der Waals surface area contributed by atoms with Crippen LogP contribution >= 0.6 is 0 Å². The van der Waals surface area contributed by atoms with E-state index in [0.29, 0.717) is 11.7 Å². The molecule has 1 unspecified atom stereocenters. The number of rotatable bonds is 2. The van der Waals surface area contributed by atoms with E-state index in [1.165, 1.54) is 25.7 Å². The number of hydrogen-bond acceptors (Lipinski definition) is 1. The van der Waals surface area contributed by atoms with Crippen molar-refractivity contribution in [3.8, 4) is 0 Å². The molecule has 2 fully saturated rings. The van der Waals surface area contributed by atoms with Crippen LogP contribution in [0.2, 0.25) is 0 Å². The van der Waals surface area contributed by atoms with Gasteiger partial charge in [-0.25, -0.2) is 0 Å². The molecule has 2 saturated carbocycles. The molecule has 0 aromatic rings. The predicted octanol–water partition coefficient (Wildman–Crippen LogP) is 2.32. The van der Waals surface area contributed by atoms with Crippen LogP contribution < -0.4 is 0 Å². The third-order valence-corrected chi connectivity index (χ3v) is 3.53. The molecular formula is C11H14O. The Hall–Kier alpha value is -0.590. The summed E-state index contributed by atoms with van der Waals surface area (Å²) < 4.78 is 0. The fourth-order valence-corrected chi connectivity index (χ4v) is 2.55. The van der Waals surface area contributed by atoms with Crippen LogP contribution in [0.1, 0.15) is 32.1 Å². The molecule has 0 aliphatic heterocycles. The van der Waals surface area contributed by atoms with Crippen molar-refractivity contribution in [1.82, 2.24) is 0 Å². The highest BCUT2D eigenvalue weighted by molar-refractivity contribution is 5.90. The number of ketones is 1. The number of allylic oxidation sites excluding steroid dienone is 2. The number of fused-ring (bicyclic) bond motifs is 1. The van der Waals surface area contributed by atoms with E-state index < -0.39 is 0 Å². The molecular weight excluding hydrogens is 148 g/mol. The van der Waals surface area contributed by atoms with Crippen molar-refractivity contribution in [1.29, 1.82) is 0 Å². The number of Topliss-reactive ketones (excluding diaryl/α,β-unsaturated/α-hetero) is 1. The first-order valence-electron chi connectivity index (χ1n) is 5.05. The molecule has 0 radical (unpaired) electrons. The molecule has 0 spiro atoms. The largest absolute Gasteiger partial charge is 0.299 e. The molecule has 0 heterocycles. The van der Waals surface area contributed by atoms with E-state index in [0.717, 1.165) is 18.3 Å². The van der Waals surface area contributed by atoms with Crippen molar-refractivity contribution in [2.45, 2.75) is 32.1 Å². The summed E-state index contributed by atoms with van der Waals surface area (Å²) in [4.78, 5) is 11.1. The van der Waals surface area contributed by atoms with Gasteiger partial charge in [-0.15, -0.1) is 0 Å². The van der Waals surface area contributed by atoms with Gasteiger partial charge in [-0.3, -0.25) is 4.79 Å². The van der Waals surface area contributed by atoms with Gasteiger partial charge < -0.3 is 0 Å². The van der Waals surface area contributed by atoms with E-state index in [1.54, 1.807) is 5.57 Å². The zero-order chi connectivity index (χ0) is 8.13. The van der Waals surface area contributed by atoms with Gasteiger partial charge >= 0.3 is 0 Å². The summed E-state index contributed by atoms with van der Waals surface area (Å²) in [6.45, 7) is 0. The Morgan fingerprint density at radius 2 is 2.17 bits per heavy atom. The molecule has 12 heavy (non-hydrogen) atoms. The van der Waals surface area contributed by atoms with Gasteiger partial charge in [0.2, 0.25) is 0 Å². The monoisotopic (exact) mass is 162 g/mol. The highest BCUT2D eigenvalue weighted by Gasteiger charge is 2.42. The van der Waals surface area contributed by atoms with Crippen LogP contribution in [0.15, 0.2) is 11.6 Å². The maximum absolute atomic E-state index is 11.1. The second-order valence-electron chi connectivity index (χ2n) is 4.63. The number of hydrogen-bond donors (Lipinski definition) is 0. The molecule has 0 saturated heterocycles. The van der Waals surface area contributed by atoms with Gasteiger partial charge in [0.25, 0.3) is 0 Å². The molecule has 3 rings (SSSR count). The quantitative estimate of drug-likeness (QED) is 0.569. The Morgan fingerprint density at radius 1 is 1.33 bits per heavy atom. The summed E-state index contributed by atoms with van der Waals surface area (Å²) in [6.07, 6.45) is 8.55. The van der Waals surface area contributed by atoms with Crippen molar-refractivity contribution in [2.24, 2.45) is 17.8 Å². The van der Waals surface area contributed by atoms with Gasteiger partial charge in [-0.05, 0) is 37.5 Å². The highest BCUT2D eigenvalue weighted by Crippen LogP contribution is 2.47. The van der Waals surface area contributed by atoms with E-state index in [2.05, 4.69) is 6.08 Å². The highest BCUT2D eigenvalue weighted by atomic mass is 16.1. The molecule has 0 bridgehead atoms. The molecule has 0 amide bonds. The van der Waals surface area contributed by atoms with Crippen molar-refractivity contribution in [2.75, 3.05) is 0 Å². The van der Waals surface area contributed by atoms with Crippen LogP contribution in [-0.2, 0) is 4.79 Å². The fourth-order valence-electron chi connectivity index (χ4n) is 2.55. The maximum Gasteiger partial charge on any atom is 0.140 e. The van der Waals surface area contributed by atoms with Gasteiger partial charge in [0.05, 0.1) is 0 Å². The Balaban J connectivity index is 1.68. The summed E-state index contributed by atoms with van der Waals surface area (Å²) >= 11 is 0. The predicted molar refractivity (Wildman–Crippen MR) is 46.6 cm³/mol. The Morgan fingerprint density at radius 3 is 2.75 bits per heavy atom. The van der Waals surface area contributed by atoms with Crippen molar-refractivity contribution in [3.05, 3.63) is 11.6 Å². The first-order valence-corrected chi connectivity index (χ1v) is 5.05. The summed E-state index contributed by atoms with van der Waals surface area (Å²) in [7, 11) is 0. The summed E-state index contributed by atoms with van der Waals surface area (Å²) in [5, 5.41) is 0. The Bertz CT molecular complexity index is 260. The van der Waals surface area contributed by atoms with Gasteiger partial charge in [0.1, 0.15) is 5.78 Å². The molecule has 1 nitrogen and oxygen atoms in total. The molecule has 3 aliphatic rings. The first kappa shape index (κ1) is 6.88. The van der Waals surface area contributed by atoms with Crippen molar-refractivity contribution in [3.63, 3.8) is 0 Å². The Kier molecular flexibility index (Phi) is 1.27. The maximum atomic E-state index is 11.1. The third-order valence-electron chi connectivity index (χ3n) is 3.53. The minimum atomic E-state index is 0.360. The van der Waals surface area contributed by atoms with Crippen LogP contribution in [0.3, 0.4) is 0 Å². The van der Waals surface area contributed by atoms with Crippen LogP contribution in [0.25, 0.3) is 0 Å². The number of carbonyl (C=O) groups is 1. The zero-order valence-electron chi connectivity index (χ0n) is 7.25. The lowest BCUT2D eigenvalue weighted by molar-refractivity contribution is -0.130. The zero-order valence-corrected chi connectivity index (χ0v) is 7.25. The summed E-state index contributed by atoms with van der Waals surface area (Å²) in [5.41, 5.74) is 1.60. The van der Waals surface area contributed by atoms with Crippen LogP contribution in [-0.4, -0.2) is 5.78 Å². The number of carbonyl (C=O) groups excluding carboxylic acids is 1. The van der Waals surface area contributed by atoms with E-state index in [-0.39, 0.29) is 0 Å². The van der Waals surface area contributed by atoms with E-state index >= 15 is 0 Å². The molecule has 3 aliphatic carbocycles. The van der Waals surface area contributed by atoms with Crippen molar-refractivity contribution >= 4 is 5.78 Å². The van der Waals surface area contributed by atoms with E-state index in [9.17, 15) is 4.79 Å². The average molecular weight is 162 g/mol. The summed E-state index contributed by atoms with van der Waals surface area (Å²) in [6, 6.07) is 0. The second kappa shape index (κ2) is 2.21. The lowest BCUT2D eigenvalue weighted by Gasteiger charge is -2.27. The normalized spacial score (nSPS) is 39.0. The van der Waals surface area contributed by atoms with Gasteiger partial charge in [0, 0.05) is 12.3 Å². The van der Waals surface area contributed by atoms with Crippen LogP contribution in [0.4, 0.5) is 0 Å². The third kappa shape index (κ3) is 0.954. The lowest BCUT2D eigenvalue weighted by Crippen LogP contribution is -2.32. The lowest BCUT2D eigenvalue weighted by atomic mass is 9.75. The minimum Gasteiger partial charge on any atom is -0.299 e.